The molecule has 170 valence electrons. The number of carbonyl (C=O) groups excluding carboxylic acids is 1. The number of guanidine groups is 1. The second kappa shape index (κ2) is 10.0. The number of alkyl carbamates (subject to hydrolysis) is 1. The highest BCUT2D eigenvalue weighted by molar-refractivity contribution is 5.80. The van der Waals surface area contributed by atoms with Gasteiger partial charge in [0.15, 0.2) is 5.96 Å². The van der Waals surface area contributed by atoms with Crippen molar-refractivity contribution in [1.29, 1.82) is 0 Å². The zero-order valence-corrected chi connectivity index (χ0v) is 19.4. The first-order valence-electron chi connectivity index (χ1n) is 11.2. The van der Waals surface area contributed by atoms with E-state index in [-0.39, 0.29) is 12.1 Å². The summed E-state index contributed by atoms with van der Waals surface area (Å²) in [4.78, 5) is 21.4. The summed E-state index contributed by atoms with van der Waals surface area (Å²) in [6, 6.07) is 6.59. The Kier molecular flexibility index (Phi) is 7.41. The lowest BCUT2D eigenvalue weighted by molar-refractivity contribution is 0.0490. The quantitative estimate of drug-likeness (QED) is 0.500. The van der Waals surface area contributed by atoms with Crippen molar-refractivity contribution in [3.63, 3.8) is 0 Å². The highest BCUT2D eigenvalue weighted by atomic mass is 16.6. The van der Waals surface area contributed by atoms with E-state index in [1.165, 1.54) is 0 Å². The molecule has 0 radical (unpaired) electrons. The Bertz CT molecular complexity index is 906. The summed E-state index contributed by atoms with van der Waals surface area (Å²) in [6.07, 6.45) is 5.49. The van der Waals surface area contributed by atoms with Gasteiger partial charge < -0.3 is 25.1 Å². The number of ether oxygens (including phenoxy) is 1. The summed E-state index contributed by atoms with van der Waals surface area (Å²) >= 11 is 0. The van der Waals surface area contributed by atoms with E-state index < -0.39 is 5.60 Å². The molecule has 0 spiro atoms. The Hall–Kier alpha value is -2.77. The Labute approximate surface area is 184 Å². The molecule has 1 saturated carbocycles. The molecule has 2 heterocycles. The van der Waals surface area contributed by atoms with Crippen LogP contribution in [-0.2, 0) is 11.3 Å². The number of hydrogen-bond donors (Lipinski definition) is 3. The number of amides is 1. The molecule has 1 aliphatic rings. The van der Waals surface area contributed by atoms with Gasteiger partial charge in [0, 0.05) is 30.5 Å². The third-order valence-corrected chi connectivity index (χ3v) is 5.28. The van der Waals surface area contributed by atoms with Crippen LogP contribution in [0.25, 0.3) is 5.65 Å². The van der Waals surface area contributed by atoms with Crippen LogP contribution in [0.15, 0.2) is 29.4 Å². The third-order valence-electron chi connectivity index (χ3n) is 5.28. The van der Waals surface area contributed by atoms with E-state index in [2.05, 4.69) is 45.2 Å². The Morgan fingerprint density at radius 3 is 2.48 bits per heavy atom. The van der Waals surface area contributed by atoms with Crippen molar-refractivity contribution in [2.45, 2.75) is 84.5 Å². The van der Waals surface area contributed by atoms with Crippen molar-refractivity contribution in [3.8, 4) is 0 Å². The summed E-state index contributed by atoms with van der Waals surface area (Å²) in [5.41, 5.74) is 2.57. The van der Waals surface area contributed by atoms with Crippen molar-refractivity contribution in [2.75, 3.05) is 6.54 Å². The largest absolute Gasteiger partial charge is 0.444 e. The fraction of sp³-hybridized carbons (Fsp3) is 0.609. The first-order chi connectivity index (χ1) is 14.7. The first kappa shape index (κ1) is 22.9. The summed E-state index contributed by atoms with van der Waals surface area (Å²) in [7, 11) is 0. The van der Waals surface area contributed by atoms with Gasteiger partial charge in [0.2, 0.25) is 0 Å². The molecule has 3 rings (SSSR count). The SMILES string of the molecule is CCNC(=NCc1cn2c(C)cccc2n1)NC1CCC(NC(=O)OC(C)(C)C)CC1. The molecule has 0 saturated heterocycles. The molecule has 1 aliphatic carbocycles. The molecule has 8 heteroatoms. The van der Waals surface area contributed by atoms with Crippen molar-refractivity contribution in [1.82, 2.24) is 25.3 Å². The van der Waals surface area contributed by atoms with Gasteiger partial charge in [-0.1, -0.05) is 6.07 Å². The average Bonchev–Trinajstić information content (AvgIpc) is 3.11. The maximum absolute atomic E-state index is 12.0. The van der Waals surface area contributed by atoms with Gasteiger partial charge in [-0.25, -0.2) is 14.8 Å². The van der Waals surface area contributed by atoms with Gasteiger partial charge >= 0.3 is 6.09 Å². The minimum absolute atomic E-state index is 0.161. The molecule has 0 unspecified atom stereocenters. The number of rotatable bonds is 5. The highest BCUT2D eigenvalue weighted by Gasteiger charge is 2.25. The molecule has 2 aromatic heterocycles. The second-order valence-corrected chi connectivity index (χ2v) is 9.16. The number of nitrogens with zero attached hydrogens (tertiary/aromatic N) is 3. The topological polar surface area (TPSA) is 92.0 Å². The van der Waals surface area contributed by atoms with Crippen LogP contribution in [0.4, 0.5) is 4.79 Å². The summed E-state index contributed by atoms with van der Waals surface area (Å²) in [6.45, 7) is 11.1. The number of aryl methyl sites for hydroxylation is 1. The van der Waals surface area contributed by atoms with Gasteiger partial charge in [0.05, 0.1) is 12.2 Å². The van der Waals surface area contributed by atoms with Crippen LogP contribution in [0.1, 0.15) is 64.8 Å². The number of imidazole rings is 1. The smallest absolute Gasteiger partial charge is 0.407 e. The average molecular weight is 429 g/mol. The molecule has 0 aliphatic heterocycles. The van der Waals surface area contributed by atoms with E-state index in [0.29, 0.717) is 12.6 Å². The van der Waals surface area contributed by atoms with Crippen LogP contribution in [0.5, 0.6) is 0 Å². The van der Waals surface area contributed by atoms with Crippen molar-refractivity contribution >= 4 is 17.7 Å². The molecule has 0 bridgehead atoms. The molecule has 1 fully saturated rings. The first-order valence-corrected chi connectivity index (χ1v) is 11.2. The molecule has 0 atom stereocenters. The molecule has 8 nitrogen and oxygen atoms in total. The van der Waals surface area contributed by atoms with E-state index in [4.69, 9.17) is 9.73 Å². The fourth-order valence-electron chi connectivity index (χ4n) is 3.80. The number of hydrogen-bond acceptors (Lipinski definition) is 4. The summed E-state index contributed by atoms with van der Waals surface area (Å²) in [5.74, 6) is 0.805. The minimum atomic E-state index is -0.473. The van der Waals surface area contributed by atoms with Gasteiger partial charge in [0.25, 0.3) is 0 Å². The van der Waals surface area contributed by atoms with Gasteiger partial charge in [0.1, 0.15) is 11.2 Å². The summed E-state index contributed by atoms with van der Waals surface area (Å²) < 4.78 is 7.45. The molecule has 0 aromatic carbocycles. The molecule has 3 N–H and O–H groups in total. The van der Waals surface area contributed by atoms with Crippen LogP contribution in [0.3, 0.4) is 0 Å². The number of aromatic nitrogens is 2. The van der Waals surface area contributed by atoms with Crippen molar-refractivity contribution < 1.29 is 9.53 Å². The van der Waals surface area contributed by atoms with E-state index in [1.807, 2.05) is 39.1 Å². The molecular weight excluding hydrogens is 392 g/mol. The molecule has 2 aromatic rings. The fourth-order valence-corrected chi connectivity index (χ4v) is 3.80. The lowest BCUT2D eigenvalue weighted by Crippen LogP contribution is -2.48. The van der Waals surface area contributed by atoms with Gasteiger partial charge in [-0.05, 0) is 72.4 Å². The van der Waals surface area contributed by atoms with Crippen molar-refractivity contribution in [3.05, 3.63) is 35.8 Å². The molecule has 31 heavy (non-hydrogen) atoms. The predicted molar refractivity (Wildman–Crippen MR) is 123 cm³/mol. The lowest BCUT2D eigenvalue weighted by Gasteiger charge is -2.31. The number of fused-ring (bicyclic) bond motifs is 1. The number of nitrogens with one attached hydrogen (secondary N) is 3. The van der Waals surface area contributed by atoms with Crippen LogP contribution >= 0.6 is 0 Å². The Balaban J connectivity index is 1.52. The van der Waals surface area contributed by atoms with Crippen LogP contribution in [-0.4, -0.2) is 45.7 Å². The van der Waals surface area contributed by atoms with E-state index in [0.717, 1.165) is 55.2 Å². The van der Waals surface area contributed by atoms with E-state index in [9.17, 15) is 4.79 Å². The maximum Gasteiger partial charge on any atom is 0.407 e. The molecule has 1 amide bonds. The van der Waals surface area contributed by atoms with Gasteiger partial charge in [-0.15, -0.1) is 0 Å². The van der Waals surface area contributed by atoms with Crippen molar-refractivity contribution in [2.24, 2.45) is 4.99 Å². The Morgan fingerprint density at radius 1 is 1.19 bits per heavy atom. The lowest BCUT2D eigenvalue weighted by atomic mass is 9.91. The zero-order chi connectivity index (χ0) is 22.4. The number of carbonyl (C=O) groups is 1. The highest BCUT2D eigenvalue weighted by Crippen LogP contribution is 2.19. The zero-order valence-electron chi connectivity index (χ0n) is 19.4. The molecular formula is C23H36N6O2. The van der Waals surface area contributed by atoms with Crippen LogP contribution in [0.2, 0.25) is 0 Å². The normalized spacial score (nSPS) is 19.8. The minimum Gasteiger partial charge on any atom is -0.444 e. The van der Waals surface area contributed by atoms with Crippen LogP contribution in [0, 0.1) is 6.92 Å². The predicted octanol–water partition coefficient (Wildman–Crippen LogP) is 3.53. The van der Waals surface area contributed by atoms with Crippen LogP contribution < -0.4 is 16.0 Å². The standard InChI is InChI=1S/C23H36N6O2/c1-6-24-21(25-14-19-15-29-16(2)8-7-9-20(29)26-19)27-17-10-12-18(13-11-17)28-22(30)31-23(3,4)5/h7-9,15,17-18H,6,10-14H2,1-5H3,(H,28,30)(H2,24,25,27). The van der Waals surface area contributed by atoms with E-state index >= 15 is 0 Å². The van der Waals surface area contributed by atoms with Gasteiger partial charge in [-0.3, -0.25) is 0 Å². The summed E-state index contributed by atoms with van der Waals surface area (Å²) in [5, 5.41) is 9.87. The number of pyridine rings is 1. The second-order valence-electron chi connectivity index (χ2n) is 9.16. The maximum atomic E-state index is 12.0. The third kappa shape index (κ3) is 6.87. The number of aliphatic imine (C=N–C) groups is 1. The monoisotopic (exact) mass is 428 g/mol. The van der Waals surface area contributed by atoms with Gasteiger partial charge in [-0.2, -0.15) is 0 Å². The Morgan fingerprint density at radius 2 is 1.87 bits per heavy atom. The van der Waals surface area contributed by atoms with E-state index in [1.54, 1.807) is 0 Å².